The predicted molar refractivity (Wildman–Crippen MR) is 195 cm³/mol. The van der Waals surface area contributed by atoms with Crippen LogP contribution in [0.1, 0.15) is 116 Å². The zero-order chi connectivity index (χ0) is 37.0. The Morgan fingerprint density at radius 3 is 2.06 bits per heavy atom. The van der Waals surface area contributed by atoms with Gasteiger partial charge in [-0.3, -0.25) is 19.2 Å². The van der Waals surface area contributed by atoms with Crippen molar-refractivity contribution in [1.29, 1.82) is 0 Å². The molecule has 3 amide bonds. The minimum Gasteiger partial charge on any atom is -0.469 e. The number of hydrogen-bond acceptors (Lipinski definition) is 7. The molecule has 49 heavy (non-hydrogen) atoms. The van der Waals surface area contributed by atoms with E-state index in [0.29, 0.717) is 12.8 Å². The molecule has 1 heterocycles. The highest BCUT2D eigenvalue weighted by atomic mass is 28.4. The zero-order valence-electron chi connectivity index (χ0n) is 31.3. The highest BCUT2D eigenvalue weighted by molar-refractivity contribution is 6.74. The molecule has 11 heteroatoms. The van der Waals surface area contributed by atoms with Crippen LogP contribution < -0.4 is 10.6 Å². The summed E-state index contributed by atoms with van der Waals surface area (Å²) in [7, 11) is -0.774. The Hall–Kier alpha value is -3.20. The number of β-amino-alcohol motifs (C(OH)–C–C–N with tert-alkyl or cyclic N) is 1. The number of aliphatic hydroxyl groups excluding tert-OH is 1. The molecule has 2 unspecified atom stereocenters. The van der Waals surface area contributed by atoms with Crippen molar-refractivity contribution < 1.29 is 33.4 Å². The van der Waals surface area contributed by atoms with Crippen LogP contribution in [-0.4, -0.2) is 80.5 Å². The maximum Gasteiger partial charge on any atom is 0.305 e. The fraction of sp³-hybridized carbons (Fsp3) is 0.684. The number of nitrogens with zero attached hydrogens (tertiary/aromatic N) is 1. The maximum absolute atomic E-state index is 14.1. The van der Waals surface area contributed by atoms with Gasteiger partial charge in [0.15, 0.2) is 8.32 Å². The molecular weight excluding hydrogens is 639 g/mol. The molecular formula is C38H61N3O7Si. The third-order valence-electron chi connectivity index (χ3n) is 9.76. The van der Waals surface area contributed by atoms with Gasteiger partial charge in [-0.1, -0.05) is 85.3 Å². The van der Waals surface area contributed by atoms with Crippen LogP contribution in [0.4, 0.5) is 0 Å². The van der Waals surface area contributed by atoms with Gasteiger partial charge < -0.3 is 29.8 Å². The number of carbonyl (C=O) groups is 4. The summed E-state index contributed by atoms with van der Waals surface area (Å²) in [6.07, 6.45) is 10.7. The molecule has 3 N–H and O–H groups in total. The van der Waals surface area contributed by atoms with Crippen LogP contribution in [0.15, 0.2) is 24.3 Å². The number of ether oxygens (including phenoxy) is 1. The molecule has 2 rings (SSSR count). The van der Waals surface area contributed by atoms with E-state index in [1.165, 1.54) is 12.0 Å². The van der Waals surface area contributed by atoms with Crippen molar-refractivity contribution in [3.63, 3.8) is 0 Å². The van der Waals surface area contributed by atoms with Crippen molar-refractivity contribution in [1.82, 2.24) is 15.5 Å². The first-order valence-electron chi connectivity index (χ1n) is 17.7. The van der Waals surface area contributed by atoms with Crippen molar-refractivity contribution in [2.75, 3.05) is 20.3 Å². The van der Waals surface area contributed by atoms with Crippen LogP contribution >= 0.6 is 0 Å². The molecule has 0 radical (unpaired) electrons. The average Bonchev–Trinajstić information content (AvgIpc) is 3.43. The molecule has 1 saturated heterocycles. The van der Waals surface area contributed by atoms with E-state index >= 15 is 0 Å². The quantitative estimate of drug-likeness (QED) is 0.0831. The Morgan fingerprint density at radius 2 is 1.53 bits per heavy atom. The monoisotopic (exact) mass is 699 g/mol. The lowest BCUT2D eigenvalue weighted by atomic mass is 9.85. The van der Waals surface area contributed by atoms with Crippen molar-refractivity contribution in [3.05, 3.63) is 35.4 Å². The second kappa shape index (κ2) is 18.7. The van der Waals surface area contributed by atoms with Crippen LogP contribution in [0.2, 0.25) is 18.1 Å². The summed E-state index contributed by atoms with van der Waals surface area (Å²) in [5, 5.41) is 16.7. The van der Waals surface area contributed by atoms with Gasteiger partial charge in [0.2, 0.25) is 17.7 Å². The fourth-order valence-corrected chi connectivity index (χ4v) is 6.54. The summed E-state index contributed by atoms with van der Waals surface area (Å²) in [4.78, 5) is 53.7. The molecule has 1 aromatic rings. The zero-order valence-corrected chi connectivity index (χ0v) is 32.3. The van der Waals surface area contributed by atoms with Gasteiger partial charge in [0, 0.05) is 31.4 Å². The van der Waals surface area contributed by atoms with E-state index < -0.39 is 43.9 Å². The van der Waals surface area contributed by atoms with E-state index in [1.54, 1.807) is 0 Å². The molecule has 0 aliphatic carbocycles. The van der Waals surface area contributed by atoms with Gasteiger partial charge in [0.25, 0.3) is 0 Å². The Morgan fingerprint density at radius 1 is 0.959 bits per heavy atom. The number of likely N-dealkylation sites (tertiary alicyclic amines) is 1. The van der Waals surface area contributed by atoms with Gasteiger partial charge in [-0.15, -0.1) is 6.42 Å². The van der Waals surface area contributed by atoms with Gasteiger partial charge in [0.1, 0.15) is 12.1 Å². The molecule has 1 aliphatic heterocycles. The van der Waals surface area contributed by atoms with Gasteiger partial charge >= 0.3 is 5.97 Å². The first kappa shape index (κ1) is 42.0. The third-order valence-corrected chi connectivity index (χ3v) is 14.3. The van der Waals surface area contributed by atoms with Crippen molar-refractivity contribution in [2.45, 2.75) is 142 Å². The van der Waals surface area contributed by atoms with Gasteiger partial charge in [-0.25, -0.2) is 0 Å². The number of carbonyl (C=O) groups excluding carboxylic acids is 4. The molecule has 0 bridgehead atoms. The van der Waals surface area contributed by atoms with E-state index in [0.717, 1.165) is 43.2 Å². The summed E-state index contributed by atoms with van der Waals surface area (Å²) in [6.45, 7) is 16.6. The number of benzene rings is 1. The van der Waals surface area contributed by atoms with Crippen LogP contribution in [0, 0.1) is 17.8 Å². The number of nitrogens with one attached hydrogen (secondary N) is 2. The minimum atomic E-state index is -2.16. The normalized spacial score (nSPS) is 17.9. The summed E-state index contributed by atoms with van der Waals surface area (Å²) < 4.78 is 11.2. The Kier molecular flexibility index (Phi) is 16.0. The number of methoxy groups -OCH3 is 1. The van der Waals surface area contributed by atoms with E-state index in [1.807, 2.05) is 45.0 Å². The predicted octanol–water partition coefficient (Wildman–Crippen LogP) is 5.63. The first-order chi connectivity index (χ1) is 22.8. The van der Waals surface area contributed by atoms with E-state index in [4.69, 9.17) is 10.8 Å². The topological polar surface area (TPSA) is 134 Å². The lowest BCUT2D eigenvalue weighted by molar-refractivity contribution is -0.144. The highest BCUT2D eigenvalue weighted by Gasteiger charge is 2.45. The molecule has 1 aliphatic rings. The molecule has 0 spiro atoms. The first-order valence-corrected chi connectivity index (χ1v) is 20.6. The number of aliphatic hydroxyl groups is 1. The lowest BCUT2D eigenvalue weighted by Crippen LogP contribution is -2.58. The Bertz CT molecular complexity index is 1290. The van der Waals surface area contributed by atoms with Crippen molar-refractivity contribution >= 4 is 32.0 Å². The van der Waals surface area contributed by atoms with Crippen LogP contribution in [-0.2, 0) is 28.3 Å². The van der Waals surface area contributed by atoms with E-state index in [9.17, 15) is 24.3 Å². The third kappa shape index (κ3) is 13.2. The molecule has 0 saturated carbocycles. The maximum atomic E-state index is 14.1. The largest absolute Gasteiger partial charge is 0.469 e. The second-order valence-corrected chi connectivity index (χ2v) is 20.7. The molecule has 1 fully saturated rings. The standard InChI is InChI=1S/C38H61N3O7Si/c1-11-27-20-22-28(23-21-27)30(26-48-49(9,10)38(5,6)7)39-35(45)31-24-29(42)25-41(31)36(46)34(37(2,3)4)40-32(43)18-16-14-12-13-15-17-19-33(44)47-8/h1,20-23,29-31,34,42H,12-19,24-26H2,2-10H3,(H,39,45)(H,40,43)/t29-,30?,31+,34?/m1/s1. The minimum absolute atomic E-state index is 0.00263. The lowest BCUT2D eigenvalue weighted by Gasteiger charge is -2.38. The van der Waals surface area contributed by atoms with Gasteiger partial charge in [0.05, 0.1) is 25.9 Å². The van der Waals surface area contributed by atoms with Gasteiger partial charge in [-0.05, 0) is 54.1 Å². The van der Waals surface area contributed by atoms with E-state index in [2.05, 4.69) is 55.2 Å². The summed E-state index contributed by atoms with van der Waals surface area (Å²) >= 11 is 0. The number of unbranched alkanes of at least 4 members (excludes halogenated alkanes) is 5. The fourth-order valence-electron chi connectivity index (χ4n) is 5.53. The summed E-state index contributed by atoms with van der Waals surface area (Å²) in [6, 6.07) is 5.09. The highest BCUT2D eigenvalue weighted by Crippen LogP contribution is 2.37. The van der Waals surface area contributed by atoms with Crippen LogP contribution in [0.25, 0.3) is 0 Å². The molecule has 1 aromatic carbocycles. The number of hydrogen-bond donors (Lipinski definition) is 3. The van der Waals surface area contributed by atoms with E-state index in [-0.39, 0.29) is 48.8 Å². The van der Waals surface area contributed by atoms with Crippen LogP contribution in [0.5, 0.6) is 0 Å². The molecule has 10 nitrogen and oxygen atoms in total. The molecule has 0 aromatic heterocycles. The molecule has 274 valence electrons. The second-order valence-electron chi connectivity index (χ2n) is 15.9. The SMILES string of the molecule is C#Cc1ccc(C(CO[Si](C)(C)C(C)(C)C)NC(=O)[C@@H]2C[C@@H](O)CN2C(=O)C(NC(=O)CCCCCCCCC(=O)OC)C(C)(C)C)cc1. The Balaban J connectivity index is 2.12. The summed E-state index contributed by atoms with van der Waals surface area (Å²) in [5.74, 6) is 1.41. The summed E-state index contributed by atoms with van der Waals surface area (Å²) in [5.41, 5.74) is 0.903. The van der Waals surface area contributed by atoms with Gasteiger partial charge in [-0.2, -0.15) is 0 Å². The molecule has 4 atom stereocenters. The number of terminal acetylenes is 1. The smallest absolute Gasteiger partial charge is 0.305 e. The number of amides is 3. The van der Waals surface area contributed by atoms with Crippen molar-refractivity contribution in [3.8, 4) is 12.3 Å². The van der Waals surface area contributed by atoms with Crippen LogP contribution in [0.3, 0.4) is 0 Å². The Labute approximate surface area is 295 Å². The average molecular weight is 700 g/mol. The number of esters is 1. The van der Waals surface area contributed by atoms with Crippen molar-refractivity contribution in [2.24, 2.45) is 5.41 Å². The number of rotatable bonds is 17.